The minimum absolute atomic E-state index is 0.0498. The van der Waals surface area contributed by atoms with Crippen molar-refractivity contribution in [3.8, 4) is 0 Å². The number of thiocarbonyl (C=S) groups is 1. The number of para-hydroxylation sites is 1. The molecule has 0 spiro atoms. The predicted octanol–water partition coefficient (Wildman–Crippen LogP) is 2.68. The fourth-order valence-electron chi connectivity index (χ4n) is 3.12. The van der Waals surface area contributed by atoms with Crippen LogP contribution in [0.15, 0.2) is 36.0 Å². The Morgan fingerprint density at radius 1 is 1.08 bits per heavy atom. The molecule has 1 aromatic carbocycles. The highest BCUT2D eigenvalue weighted by molar-refractivity contribution is 7.80. The molecule has 0 unspecified atom stereocenters. The molecule has 2 aromatic rings. The molecule has 0 bridgehead atoms. The number of rotatable bonds is 3. The Morgan fingerprint density at radius 3 is 2.19 bits per heavy atom. The van der Waals surface area contributed by atoms with Crippen LogP contribution in [0.1, 0.15) is 31.1 Å². The summed E-state index contributed by atoms with van der Waals surface area (Å²) in [5, 5.41) is 1.03. The molecule has 0 N–H and O–H groups in total. The predicted molar refractivity (Wildman–Crippen MR) is 104 cm³/mol. The van der Waals surface area contributed by atoms with Crippen LogP contribution >= 0.6 is 12.2 Å². The number of fused-ring (bicyclic) bond motifs is 1. The van der Waals surface area contributed by atoms with E-state index in [1.165, 1.54) is 21.3 Å². The minimum Gasteiger partial charge on any atom is -0.287 e. The Morgan fingerprint density at radius 2 is 1.65 bits per heavy atom. The third-order valence-corrected chi connectivity index (χ3v) is 4.87. The molecule has 2 amide bonds. The van der Waals surface area contributed by atoms with Crippen LogP contribution < -0.4 is 0 Å². The maximum Gasteiger partial charge on any atom is 0.265 e. The number of likely N-dealkylation sites (N-methyl/N-ethyl adjacent to an activating group) is 2. The highest BCUT2D eigenvalue weighted by Gasteiger charge is 2.38. The summed E-state index contributed by atoms with van der Waals surface area (Å²) in [6.07, 6.45) is 3.21. The van der Waals surface area contributed by atoms with E-state index in [2.05, 4.69) is 0 Å². The first-order chi connectivity index (χ1) is 12.4. The minimum atomic E-state index is -0.410. The van der Waals surface area contributed by atoms with E-state index in [9.17, 15) is 14.4 Å². The van der Waals surface area contributed by atoms with Crippen molar-refractivity contribution in [2.75, 3.05) is 13.1 Å². The number of aromatic nitrogens is 1. The second kappa shape index (κ2) is 6.84. The number of carbonyl (C=O) groups is 3. The van der Waals surface area contributed by atoms with E-state index >= 15 is 0 Å². The summed E-state index contributed by atoms with van der Waals surface area (Å²) in [4.78, 5) is 40.3. The number of benzene rings is 1. The molecule has 0 aliphatic carbocycles. The fourth-order valence-corrected chi connectivity index (χ4v) is 3.54. The molecular formula is C19H19N3O3S. The average molecular weight is 369 g/mol. The fraction of sp³-hybridized carbons (Fsp3) is 0.263. The van der Waals surface area contributed by atoms with Crippen molar-refractivity contribution in [3.63, 3.8) is 0 Å². The molecule has 134 valence electrons. The van der Waals surface area contributed by atoms with Crippen molar-refractivity contribution in [1.29, 1.82) is 0 Å². The van der Waals surface area contributed by atoms with Crippen LogP contribution in [-0.2, 0) is 9.59 Å². The van der Waals surface area contributed by atoms with Crippen molar-refractivity contribution in [3.05, 3.63) is 41.6 Å². The lowest BCUT2D eigenvalue weighted by molar-refractivity contribution is -0.133. The van der Waals surface area contributed by atoms with Gasteiger partial charge in [0.2, 0.25) is 5.91 Å². The van der Waals surface area contributed by atoms with Gasteiger partial charge in [0.15, 0.2) is 5.11 Å². The summed E-state index contributed by atoms with van der Waals surface area (Å²) in [5.74, 6) is -0.961. The van der Waals surface area contributed by atoms with Gasteiger partial charge < -0.3 is 0 Å². The molecular weight excluding hydrogens is 350 g/mol. The molecule has 7 heteroatoms. The summed E-state index contributed by atoms with van der Waals surface area (Å²) in [6, 6.07) is 7.38. The normalized spacial score (nSPS) is 15.2. The number of amides is 2. The van der Waals surface area contributed by atoms with Crippen molar-refractivity contribution in [2.24, 2.45) is 0 Å². The molecule has 1 aromatic heterocycles. The van der Waals surface area contributed by atoms with Crippen LogP contribution in [0.3, 0.4) is 0 Å². The number of carbonyl (C=O) groups excluding carboxylic acids is 3. The van der Waals surface area contributed by atoms with E-state index in [0.717, 1.165) is 10.9 Å². The van der Waals surface area contributed by atoms with Crippen LogP contribution in [0.2, 0.25) is 0 Å². The molecule has 0 saturated carbocycles. The standard InChI is InChI=1S/C19H19N3O3S/c1-4-20-17(24)15(18(25)21(5-2)19(20)26)10-13-11-22(12(3)23)16-9-7-6-8-14(13)16/h6-11H,4-5H2,1-3H3. The highest BCUT2D eigenvalue weighted by Crippen LogP contribution is 2.26. The molecule has 0 atom stereocenters. The third kappa shape index (κ3) is 2.74. The molecule has 6 nitrogen and oxygen atoms in total. The lowest BCUT2D eigenvalue weighted by Gasteiger charge is -2.35. The van der Waals surface area contributed by atoms with Gasteiger partial charge in [0.25, 0.3) is 11.8 Å². The first-order valence-electron chi connectivity index (χ1n) is 8.41. The van der Waals surface area contributed by atoms with Crippen molar-refractivity contribution in [1.82, 2.24) is 14.4 Å². The van der Waals surface area contributed by atoms with Crippen LogP contribution in [0.25, 0.3) is 17.0 Å². The van der Waals surface area contributed by atoms with E-state index in [0.29, 0.717) is 18.7 Å². The zero-order chi connectivity index (χ0) is 19.0. The summed E-state index contributed by atoms with van der Waals surface area (Å²) in [5.41, 5.74) is 1.43. The van der Waals surface area contributed by atoms with E-state index in [-0.39, 0.29) is 16.6 Å². The Labute approximate surface area is 156 Å². The van der Waals surface area contributed by atoms with Crippen molar-refractivity contribution >= 4 is 52.0 Å². The molecule has 2 heterocycles. The smallest absolute Gasteiger partial charge is 0.265 e. The Balaban J connectivity index is 2.18. The molecule has 0 radical (unpaired) electrons. The molecule has 1 aliphatic heterocycles. The van der Waals surface area contributed by atoms with Gasteiger partial charge in [0, 0.05) is 37.2 Å². The maximum absolute atomic E-state index is 12.8. The maximum atomic E-state index is 12.8. The zero-order valence-electron chi connectivity index (χ0n) is 14.9. The van der Waals surface area contributed by atoms with E-state index in [1.54, 1.807) is 12.3 Å². The van der Waals surface area contributed by atoms with Gasteiger partial charge in [-0.3, -0.25) is 28.8 Å². The molecule has 1 aliphatic rings. The van der Waals surface area contributed by atoms with Crippen LogP contribution in [-0.4, -0.2) is 50.3 Å². The Bertz CT molecular complexity index is 946. The highest BCUT2D eigenvalue weighted by atomic mass is 32.1. The summed E-state index contributed by atoms with van der Waals surface area (Å²) >= 11 is 5.27. The van der Waals surface area contributed by atoms with Gasteiger partial charge in [-0.1, -0.05) is 18.2 Å². The molecule has 1 fully saturated rings. The first-order valence-corrected chi connectivity index (χ1v) is 8.81. The monoisotopic (exact) mass is 369 g/mol. The van der Waals surface area contributed by atoms with Gasteiger partial charge in [-0.15, -0.1) is 0 Å². The number of nitrogens with zero attached hydrogens (tertiary/aromatic N) is 3. The van der Waals surface area contributed by atoms with Gasteiger partial charge in [-0.25, -0.2) is 0 Å². The number of hydrogen-bond donors (Lipinski definition) is 0. The second-order valence-electron chi connectivity index (χ2n) is 5.93. The lowest BCUT2D eigenvalue weighted by Crippen LogP contribution is -2.55. The van der Waals surface area contributed by atoms with Gasteiger partial charge >= 0.3 is 0 Å². The SMILES string of the molecule is CCN1C(=O)C(=Cc2cn(C(C)=O)c3ccccc23)C(=O)N(CC)C1=S. The second-order valence-corrected chi connectivity index (χ2v) is 6.30. The largest absolute Gasteiger partial charge is 0.287 e. The van der Waals surface area contributed by atoms with E-state index in [4.69, 9.17) is 12.2 Å². The van der Waals surface area contributed by atoms with E-state index < -0.39 is 11.8 Å². The van der Waals surface area contributed by atoms with Gasteiger partial charge in [0.1, 0.15) is 5.57 Å². The summed E-state index contributed by atoms with van der Waals surface area (Å²) in [7, 11) is 0. The van der Waals surface area contributed by atoms with Gasteiger partial charge in [0.05, 0.1) is 5.52 Å². The average Bonchev–Trinajstić information content (AvgIpc) is 2.98. The quantitative estimate of drug-likeness (QED) is 0.474. The van der Waals surface area contributed by atoms with Crippen molar-refractivity contribution in [2.45, 2.75) is 20.8 Å². The van der Waals surface area contributed by atoms with Crippen LogP contribution in [0.4, 0.5) is 0 Å². The van der Waals surface area contributed by atoms with Gasteiger partial charge in [-0.2, -0.15) is 0 Å². The van der Waals surface area contributed by atoms with Crippen LogP contribution in [0, 0.1) is 0 Å². The lowest BCUT2D eigenvalue weighted by atomic mass is 10.1. The van der Waals surface area contributed by atoms with Crippen LogP contribution in [0.5, 0.6) is 0 Å². The Hall–Kier alpha value is -2.80. The van der Waals surface area contributed by atoms with Crippen molar-refractivity contribution < 1.29 is 14.4 Å². The molecule has 26 heavy (non-hydrogen) atoms. The number of hydrogen-bond acceptors (Lipinski definition) is 4. The third-order valence-electron chi connectivity index (χ3n) is 4.43. The zero-order valence-corrected chi connectivity index (χ0v) is 15.7. The summed E-state index contributed by atoms with van der Waals surface area (Å²) < 4.78 is 1.51. The first kappa shape index (κ1) is 18.0. The molecule has 1 saturated heterocycles. The summed E-state index contributed by atoms with van der Waals surface area (Å²) in [6.45, 7) is 5.86. The topological polar surface area (TPSA) is 62.6 Å². The Kier molecular flexibility index (Phi) is 4.73. The van der Waals surface area contributed by atoms with Gasteiger partial charge in [-0.05, 0) is 38.2 Å². The van der Waals surface area contributed by atoms with E-state index in [1.807, 2.05) is 38.1 Å². The molecule has 3 rings (SSSR count).